The first-order chi connectivity index (χ1) is 17.5. The molecule has 0 bridgehead atoms. The van der Waals surface area contributed by atoms with Gasteiger partial charge in [-0.15, -0.1) is 0 Å². The maximum absolute atomic E-state index is 13.5. The highest BCUT2D eigenvalue weighted by atomic mass is 32.2. The zero-order valence-corrected chi connectivity index (χ0v) is 22.3. The van der Waals surface area contributed by atoms with E-state index in [2.05, 4.69) is 16.0 Å². The number of amides is 4. The summed E-state index contributed by atoms with van der Waals surface area (Å²) in [7, 11) is 0. The maximum Gasteiger partial charge on any atom is 0.326 e. The van der Waals surface area contributed by atoms with Crippen LogP contribution < -0.4 is 21.7 Å². The minimum Gasteiger partial charge on any atom is -0.480 e. The molecule has 0 aliphatic carbocycles. The van der Waals surface area contributed by atoms with Gasteiger partial charge in [-0.05, 0) is 50.7 Å². The summed E-state index contributed by atoms with van der Waals surface area (Å²) in [6.45, 7) is 3.31. The van der Waals surface area contributed by atoms with Crippen LogP contribution in [0, 0.1) is 0 Å². The molecule has 37 heavy (non-hydrogen) atoms. The summed E-state index contributed by atoms with van der Waals surface area (Å²) in [5.74, 6) is -2.61. The molecule has 0 spiro atoms. The van der Waals surface area contributed by atoms with Crippen LogP contribution >= 0.6 is 11.8 Å². The predicted octanol–water partition coefficient (Wildman–Crippen LogP) is -0.121. The average Bonchev–Trinajstić information content (AvgIpc) is 3.36. The van der Waals surface area contributed by atoms with E-state index >= 15 is 0 Å². The lowest BCUT2D eigenvalue weighted by Gasteiger charge is -2.30. The number of carboxylic acids is 1. The van der Waals surface area contributed by atoms with Crippen LogP contribution in [0.4, 0.5) is 0 Å². The van der Waals surface area contributed by atoms with E-state index in [1.807, 2.05) is 36.6 Å². The molecule has 0 radical (unpaired) electrons. The van der Waals surface area contributed by atoms with Crippen LogP contribution in [-0.4, -0.2) is 88.4 Å². The maximum atomic E-state index is 13.5. The average molecular weight is 536 g/mol. The number of aliphatic carboxylic acids is 1. The highest BCUT2D eigenvalue weighted by Crippen LogP contribution is 2.20. The van der Waals surface area contributed by atoms with Crippen molar-refractivity contribution in [1.82, 2.24) is 20.9 Å². The van der Waals surface area contributed by atoms with E-state index in [-0.39, 0.29) is 12.8 Å². The summed E-state index contributed by atoms with van der Waals surface area (Å²) in [6.07, 6.45) is 3.30. The van der Waals surface area contributed by atoms with Crippen LogP contribution in [0.3, 0.4) is 0 Å². The van der Waals surface area contributed by atoms with Gasteiger partial charge in [-0.25, -0.2) is 4.79 Å². The van der Waals surface area contributed by atoms with Crippen molar-refractivity contribution in [3.8, 4) is 0 Å². The van der Waals surface area contributed by atoms with Crippen LogP contribution in [0.2, 0.25) is 0 Å². The fraction of sp³-hybridized carbons (Fsp3) is 0.560. The molecule has 5 unspecified atom stereocenters. The van der Waals surface area contributed by atoms with Crippen molar-refractivity contribution in [1.29, 1.82) is 0 Å². The van der Waals surface area contributed by atoms with Gasteiger partial charge in [0, 0.05) is 13.0 Å². The largest absolute Gasteiger partial charge is 0.480 e. The zero-order chi connectivity index (χ0) is 27.5. The van der Waals surface area contributed by atoms with Crippen LogP contribution in [0.25, 0.3) is 0 Å². The number of hydrogen-bond donors (Lipinski definition) is 5. The molecule has 1 saturated heterocycles. The van der Waals surface area contributed by atoms with E-state index < -0.39 is 59.8 Å². The van der Waals surface area contributed by atoms with Gasteiger partial charge >= 0.3 is 5.97 Å². The van der Waals surface area contributed by atoms with Crippen LogP contribution in [0.5, 0.6) is 0 Å². The summed E-state index contributed by atoms with van der Waals surface area (Å²) in [5, 5.41) is 17.1. The first-order valence-corrected chi connectivity index (χ1v) is 13.7. The second-order valence-electron chi connectivity index (χ2n) is 9.14. The van der Waals surface area contributed by atoms with Gasteiger partial charge in [0.15, 0.2) is 0 Å². The van der Waals surface area contributed by atoms with Gasteiger partial charge in [0.1, 0.15) is 24.2 Å². The number of nitrogens with two attached hydrogens (primary N) is 1. The van der Waals surface area contributed by atoms with Crippen molar-refractivity contribution in [2.45, 2.75) is 69.7 Å². The van der Waals surface area contributed by atoms with Crippen molar-refractivity contribution in [2.24, 2.45) is 5.73 Å². The van der Waals surface area contributed by atoms with E-state index in [0.717, 1.165) is 5.56 Å². The summed E-state index contributed by atoms with van der Waals surface area (Å²) in [4.78, 5) is 64.3. The van der Waals surface area contributed by atoms with Crippen LogP contribution in [0.15, 0.2) is 30.3 Å². The smallest absolute Gasteiger partial charge is 0.326 e. The Bertz CT molecular complexity index is 960. The predicted molar refractivity (Wildman–Crippen MR) is 141 cm³/mol. The standard InChI is InChI=1S/C25H37N5O6S/c1-15(26)21(31)29-19(14-17-8-5-4-6-9-17)24(34)30-12-7-10-20(30)23(33)27-16(2)22(32)28-18(25(35)36)11-13-37-3/h4-6,8-9,15-16,18-20H,7,10-14,26H2,1-3H3,(H,27,33)(H,28,32)(H,29,31)(H,35,36). The van der Waals surface area contributed by atoms with Gasteiger partial charge in [-0.3, -0.25) is 19.2 Å². The third kappa shape index (κ3) is 9.04. The molecule has 2 rings (SSSR count). The number of carboxylic acid groups (broad SMARTS) is 1. The van der Waals surface area contributed by atoms with Gasteiger partial charge in [0.2, 0.25) is 23.6 Å². The van der Waals surface area contributed by atoms with E-state index in [1.54, 1.807) is 0 Å². The zero-order valence-electron chi connectivity index (χ0n) is 21.4. The minimum absolute atomic E-state index is 0.231. The third-order valence-electron chi connectivity index (χ3n) is 6.13. The number of nitrogens with zero attached hydrogens (tertiary/aromatic N) is 1. The molecule has 1 aromatic rings. The molecule has 1 heterocycles. The third-order valence-corrected chi connectivity index (χ3v) is 6.77. The molecular formula is C25H37N5O6S. The summed E-state index contributed by atoms with van der Waals surface area (Å²) < 4.78 is 0. The normalized spacial score (nSPS) is 18.3. The lowest BCUT2D eigenvalue weighted by Crippen LogP contribution is -2.57. The Labute approximate surface area is 221 Å². The van der Waals surface area contributed by atoms with Crippen molar-refractivity contribution in [2.75, 3.05) is 18.6 Å². The quantitative estimate of drug-likeness (QED) is 0.233. The number of nitrogens with one attached hydrogen (secondary N) is 3. The Balaban J connectivity index is 2.09. The van der Waals surface area contributed by atoms with Gasteiger partial charge in [-0.1, -0.05) is 30.3 Å². The monoisotopic (exact) mass is 535 g/mol. The van der Waals surface area contributed by atoms with Crippen molar-refractivity contribution in [3.05, 3.63) is 35.9 Å². The minimum atomic E-state index is -1.15. The van der Waals surface area contributed by atoms with E-state index in [4.69, 9.17) is 5.73 Å². The molecule has 1 aromatic carbocycles. The molecule has 4 amide bonds. The van der Waals surface area contributed by atoms with Crippen molar-refractivity contribution in [3.63, 3.8) is 0 Å². The first kappa shape index (κ1) is 30.1. The van der Waals surface area contributed by atoms with Crippen molar-refractivity contribution >= 4 is 41.4 Å². The van der Waals surface area contributed by atoms with E-state index in [9.17, 15) is 29.1 Å². The molecule has 0 aromatic heterocycles. The summed E-state index contributed by atoms with van der Waals surface area (Å²) >= 11 is 1.47. The molecule has 6 N–H and O–H groups in total. The number of hydrogen-bond acceptors (Lipinski definition) is 7. The molecule has 5 atom stereocenters. The SMILES string of the molecule is CSCCC(NC(=O)C(C)NC(=O)C1CCCN1C(=O)C(Cc1ccccc1)NC(=O)C(C)N)C(=O)O. The molecular weight excluding hydrogens is 498 g/mol. The Morgan fingerprint density at radius 1 is 1.05 bits per heavy atom. The fourth-order valence-electron chi connectivity index (χ4n) is 4.02. The molecule has 204 valence electrons. The summed E-state index contributed by atoms with van der Waals surface area (Å²) in [6, 6.07) is 4.59. The number of carbonyl (C=O) groups is 5. The molecule has 1 aliphatic heterocycles. The highest BCUT2D eigenvalue weighted by Gasteiger charge is 2.38. The Hall–Kier alpha value is -3.12. The number of likely N-dealkylation sites (tertiary alicyclic amines) is 1. The summed E-state index contributed by atoms with van der Waals surface area (Å²) in [5.41, 5.74) is 6.53. The molecule has 11 nitrogen and oxygen atoms in total. The number of carbonyl (C=O) groups excluding carboxylic acids is 4. The van der Waals surface area contributed by atoms with Gasteiger partial charge in [-0.2, -0.15) is 11.8 Å². The second kappa shape index (κ2) is 14.6. The van der Waals surface area contributed by atoms with E-state index in [0.29, 0.717) is 25.1 Å². The number of rotatable bonds is 13. The van der Waals surface area contributed by atoms with Gasteiger partial charge < -0.3 is 31.7 Å². The molecule has 1 aliphatic rings. The van der Waals surface area contributed by atoms with Gasteiger partial charge in [0.05, 0.1) is 6.04 Å². The first-order valence-electron chi connectivity index (χ1n) is 12.3. The van der Waals surface area contributed by atoms with Crippen LogP contribution in [0.1, 0.15) is 38.7 Å². The highest BCUT2D eigenvalue weighted by molar-refractivity contribution is 7.98. The number of thioether (sulfide) groups is 1. The lowest BCUT2D eigenvalue weighted by molar-refractivity contribution is -0.143. The topological polar surface area (TPSA) is 171 Å². The van der Waals surface area contributed by atoms with Crippen LogP contribution in [-0.2, 0) is 30.4 Å². The Morgan fingerprint density at radius 3 is 2.30 bits per heavy atom. The molecule has 0 saturated carbocycles. The molecule has 12 heteroatoms. The van der Waals surface area contributed by atoms with Crippen molar-refractivity contribution < 1.29 is 29.1 Å². The fourth-order valence-corrected chi connectivity index (χ4v) is 4.49. The van der Waals surface area contributed by atoms with Gasteiger partial charge in [0.25, 0.3) is 0 Å². The lowest BCUT2D eigenvalue weighted by atomic mass is 10.0. The Morgan fingerprint density at radius 2 is 1.70 bits per heavy atom. The second-order valence-corrected chi connectivity index (χ2v) is 10.1. The molecule has 1 fully saturated rings. The van der Waals surface area contributed by atoms with E-state index in [1.165, 1.54) is 30.5 Å². The number of benzene rings is 1. The Kier molecular flexibility index (Phi) is 11.9.